The Labute approximate surface area is 155 Å². The van der Waals surface area contributed by atoms with Gasteiger partial charge in [-0.2, -0.15) is 0 Å². The average Bonchev–Trinajstić information content (AvgIpc) is 3.10. The summed E-state index contributed by atoms with van der Waals surface area (Å²) < 4.78 is 0. The summed E-state index contributed by atoms with van der Waals surface area (Å²) in [5.41, 5.74) is 23.7. The third-order valence-electron chi connectivity index (χ3n) is 2.49. The molecule has 2 unspecified atom stereocenters. The van der Waals surface area contributed by atoms with Crippen molar-refractivity contribution in [2.24, 2.45) is 28.7 Å². The molecule has 1 fully saturated rings. The summed E-state index contributed by atoms with van der Waals surface area (Å²) in [4.78, 5) is 48.7. The van der Waals surface area contributed by atoms with Crippen LogP contribution in [0, 0.1) is 0 Å². The zero-order valence-electron chi connectivity index (χ0n) is 14.7. The van der Waals surface area contributed by atoms with Gasteiger partial charge < -0.3 is 49.3 Å². The smallest absolute Gasteiger partial charge is 0.321 e. The summed E-state index contributed by atoms with van der Waals surface area (Å²) in [6.07, 6.45) is 1.68. The molecule has 14 heteroatoms. The maximum absolute atomic E-state index is 10.4. The van der Waals surface area contributed by atoms with E-state index in [0.717, 1.165) is 19.4 Å². The highest BCUT2D eigenvalue weighted by atomic mass is 16.4. The van der Waals surface area contributed by atoms with E-state index in [1.54, 1.807) is 0 Å². The number of primary amides is 2. The van der Waals surface area contributed by atoms with Crippen molar-refractivity contribution in [2.75, 3.05) is 19.6 Å². The lowest BCUT2D eigenvalue weighted by molar-refractivity contribution is -0.140. The van der Waals surface area contributed by atoms with Gasteiger partial charge in [-0.25, -0.2) is 0 Å². The first-order valence-electron chi connectivity index (χ1n) is 7.52. The first-order valence-corrected chi connectivity index (χ1v) is 7.52. The van der Waals surface area contributed by atoms with Gasteiger partial charge in [0.05, 0.1) is 25.6 Å². The molecule has 0 aromatic heterocycles. The number of carboxylic acid groups (broad SMARTS) is 3. The van der Waals surface area contributed by atoms with Gasteiger partial charge in [0.2, 0.25) is 11.8 Å². The van der Waals surface area contributed by atoms with Crippen molar-refractivity contribution < 1.29 is 39.3 Å². The Kier molecular flexibility index (Phi) is 19.3. The summed E-state index contributed by atoms with van der Waals surface area (Å²) in [5.74, 6) is -4.07. The van der Waals surface area contributed by atoms with Gasteiger partial charge in [0.15, 0.2) is 0 Å². The molecule has 14 N–H and O–H groups in total. The number of hydrogen-bond acceptors (Lipinski definition) is 9. The molecule has 27 heavy (non-hydrogen) atoms. The molecule has 1 rings (SSSR count). The standard InChI is InChI=1S/C5H10N2O.C4H8N2O3.2C2H5NO2/c6-5(8)4-2-1-3-7-4;5-2(4(8)9)1-3(6)7;2*3-1-2(4)5/h4,7H,1-3H2,(H2,6,8);2H,1,5H2,(H2,6,7)(H,8,9);2*1,3H2,(H,4,5). The van der Waals surface area contributed by atoms with Crippen LogP contribution in [0.3, 0.4) is 0 Å². The molecule has 0 saturated carbocycles. The van der Waals surface area contributed by atoms with E-state index in [9.17, 15) is 24.0 Å². The van der Waals surface area contributed by atoms with Crippen LogP contribution in [0.4, 0.5) is 0 Å². The van der Waals surface area contributed by atoms with Gasteiger partial charge in [-0.1, -0.05) is 0 Å². The van der Waals surface area contributed by atoms with Crippen molar-refractivity contribution in [1.82, 2.24) is 5.32 Å². The average molecular weight is 396 g/mol. The maximum Gasteiger partial charge on any atom is 0.321 e. The van der Waals surface area contributed by atoms with Gasteiger partial charge in [-0.05, 0) is 19.4 Å². The zero-order valence-corrected chi connectivity index (χ0v) is 14.7. The second kappa shape index (κ2) is 18.0. The number of carbonyl (C=O) groups excluding carboxylic acids is 2. The molecule has 0 aliphatic carbocycles. The summed E-state index contributed by atoms with van der Waals surface area (Å²) in [5, 5.41) is 26.3. The van der Waals surface area contributed by atoms with Crippen molar-refractivity contribution in [2.45, 2.75) is 31.3 Å². The number of rotatable bonds is 6. The minimum absolute atomic E-state index is 0.0463. The van der Waals surface area contributed by atoms with E-state index in [1.165, 1.54) is 0 Å². The fourth-order valence-corrected chi connectivity index (χ4v) is 1.23. The normalized spacial score (nSPS) is 15.3. The first-order chi connectivity index (χ1) is 12.4. The molecular weight excluding hydrogens is 368 g/mol. The van der Waals surface area contributed by atoms with Crippen LogP contribution in [-0.4, -0.2) is 76.8 Å². The minimum atomic E-state index is -1.21. The zero-order chi connectivity index (χ0) is 22.0. The molecule has 0 aromatic rings. The van der Waals surface area contributed by atoms with E-state index in [1.807, 2.05) is 0 Å². The van der Waals surface area contributed by atoms with E-state index in [2.05, 4.69) is 22.5 Å². The Morgan fingerprint density at radius 1 is 0.963 bits per heavy atom. The van der Waals surface area contributed by atoms with Crippen molar-refractivity contribution in [3.8, 4) is 0 Å². The lowest BCUT2D eigenvalue weighted by Gasteiger charge is -2.01. The predicted molar refractivity (Wildman–Crippen MR) is 93.0 cm³/mol. The van der Waals surface area contributed by atoms with E-state index in [0.29, 0.717) is 0 Å². The molecule has 2 atom stereocenters. The molecule has 1 heterocycles. The molecule has 1 aliphatic heterocycles. The third kappa shape index (κ3) is 25.5. The van der Waals surface area contributed by atoms with E-state index in [-0.39, 0.29) is 31.5 Å². The predicted octanol–water partition coefficient (Wildman–Crippen LogP) is -4.44. The summed E-state index contributed by atoms with van der Waals surface area (Å²) in [6.45, 7) is 0.383. The highest BCUT2D eigenvalue weighted by Crippen LogP contribution is 2.02. The van der Waals surface area contributed by atoms with Gasteiger partial charge >= 0.3 is 17.9 Å². The Balaban J connectivity index is -0.000000295. The van der Waals surface area contributed by atoms with Crippen LogP contribution < -0.4 is 34.0 Å². The molecule has 0 aromatic carbocycles. The Morgan fingerprint density at radius 3 is 1.48 bits per heavy atom. The van der Waals surface area contributed by atoms with Crippen molar-refractivity contribution in [3.63, 3.8) is 0 Å². The van der Waals surface area contributed by atoms with Crippen molar-refractivity contribution in [3.05, 3.63) is 0 Å². The Bertz CT molecular complexity index is 467. The lowest BCUT2D eigenvalue weighted by atomic mass is 10.2. The van der Waals surface area contributed by atoms with E-state index >= 15 is 0 Å². The third-order valence-corrected chi connectivity index (χ3v) is 2.49. The molecule has 1 saturated heterocycles. The quantitative estimate of drug-likeness (QED) is 0.205. The number of nitrogens with two attached hydrogens (primary N) is 5. The molecule has 1 aliphatic rings. The van der Waals surface area contributed by atoms with Gasteiger partial charge in [0, 0.05) is 0 Å². The Hall–Kier alpha value is -2.81. The van der Waals surface area contributed by atoms with Crippen molar-refractivity contribution >= 4 is 29.7 Å². The molecule has 0 spiro atoms. The SMILES string of the molecule is NC(=O)C1CCCN1.NC(=O)CC(N)C(=O)O.NCC(=O)O.NCC(=O)O. The first kappa shape index (κ1) is 29.0. The lowest BCUT2D eigenvalue weighted by Crippen LogP contribution is -2.36. The number of nitrogens with one attached hydrogen (secondary N) is 1. The van der Waals surface area contributed by atoms with Crippen LogP contribution >= 0.6 is 0 Å². The molecule has 2 amide bonds. The number of carboxylic acids is 3. The largest absolute Gasteiger partial charge is 0.480 e. The van der Waals surface area contributed by atoms with Crippen LogP contribution in [-0.2, 0) is 24.0 Å². The van der Waals surface area contributed by atoms with Crippen LogP contribution in [0.2, 0.25) is 0 Å². The molecule has 0 radical (unpaired) electrons. The Morgan fingerprint density at radius 2 is 1.37 bits per heavy atom. The highest BCUT2D eigenvalue weighted by Gasteiger charge is 2.18. The van der Waals surface area contributed by atoms with Crippen LogP contribution in [0.15, 0.2) is 0 Å². The second-order valence-corrected chi connectivity index (χ2v) is 4.86. The maximum atomic E-state index is 10.4. The van der Waals surface area contributed by atoms with Crippen LogP contribution in [0.5, 0.6) is 0 Å². The molecular formula is C13H28N6O8. The number of aliphatic carboxylic acids is 3. The van der Waals surface area contributed by atoms with Gasteiger partial charge in [-0.3, -0.25) is 24.0 Å². The van der Waals surface area contributed by atoms with E-state index in [4.69, 9.17) is 26.8 Å². The van der Waals surface area contributed by atoms with Crippen molar-refractivity contribution in [1.29, 1.82) is 0 Å². The molecule has 0 bridgehead atoms. The van der Waals surface area contributed by atoms with Crippen LogP contribution in [0.25, 0.3) is 0 Å². The van der Waals surface area contributed by atoms with E-state index < -0.39 is 29.9 Å². The molecule has 14 nitrogen and oxygen atoms in total. The second-order valence-electron chi connectivity index (χ2n) is 4.86. The highest BCUT2D eigenvalue weighted by molar-refractivity contribution is 5.83. The summed E-state index contributed by atoms with van der Waals surface area (Å²) in [7, 11) is 0. The van der Waals surface area contributed by atoms with Gasteiger partial charge in [0.1, 0.15) is 6.04 Å². The summed E-state index contributed by atoms with van der Waals surface area (Å²) in [6, 6.07) is -1.21. The number of hydrogen-bond donors (Lipinski definition) is 9. The number of amides is 2. The summed E-state index contributed by atoms with van der Waals surface area (Å²) >= 11 is 0. The fraction of sp³-hybridized carbons (Fsp3) is 0.615. The van der Waals surface area contributed by atoms with Crippen LogP contribution in [0.1, 0.15) is 19.3 Å². The minimum Gasteiger partial charge on any atom is -0.480 e. The number of carbonyl (C=O) groups is 5. The molecule has 158 valence electrons. The monoisotopic (exact) mass is 396 g/mol. The van der Waals surface area contributed by atoms with Gasteiger partial charge in [-0.15, -0.1) is 0 Å². The fourth-order valence-electron chi connectivity index (χ4n) is 1.23. The van der Waals surface area contributed by atoms with Gasteiger partial charge in [0.25, 0.3) is 0 Å². The topological polar surface area (TPSA) is 288 Å².